The van der Waals surface area contributed by atoms with Crippen molar-refractivity contribution in [2.75, 3.05) is 13.2 Å². The second kappa shape index (κ2) is 15.3. The highest BCUT2D eigenvalue weighted by molar-refractivity contribution is 9.10. The van der Waals surface area contributed by atoms with Crippen LogP contribution in [0.5, 0.6) is 5.75 Å². The maximum Gasteiger partial charge on any atom is 0.305 e. The summed E-state index contributed by atoms with van der Waals surface area (Å²) in [5.41, 5.74) is 7.15. The van der Waals surface area contributed by atoms with E-state index in [1.54, 1.807) is 6.07 Å². The van der Waals surface area contributed by atoms with Crippen molar-refractivity contribution in [2.45, 2.75) is 58.3 Å². The van der Waals surface area contributed by atoms with Crippen LogP contribution in [0.15, 0.2) is 53.0 Å². The van der Waals surface area contributed by atoms with Crippen LogP contribution in [-0.2, 0) is 31.0 Å². The first-order valence-corrected chi connectivity index (χ1v) is 13.3. The minimum atomic E-state index is -0.474. The highest BCUT2D eigenvalue weighted by Crippen LogP contribution is 2.31. The number of aryl methyl sites for hydroxylation is 1. The molecule has 0 spiro atoms. The molecule has 200 valence electrons. The number of nitrogens with one attached hydrogen (secondary N) is 3. The van der Waals surface area contributed by atoms with Gasteiger partial charge in [-0.25, -0.2) is 0 Å². The molecule has 37 heavy (non-hydrogen) atoms. The Bertz CT molecular complexity index is 1070. The molecule has 0 radical (unpaired) electrons. The largest absolute Gasteiger partial charge is 0.483 e. The number of hydrogen-bond donors (Lipinski definition) is 3. The molecule has 0 atom stereocenters. The topological polar surface area (TPSA) is 106 Å². The molecule has 8 nitrogen and oxygen atoms in total. The van der Waals surface area contributed by atoms with Crippen molar-refractivity contribution < 1.29 is 23.9 Å². The van der Waals surface area contributed by atoms with Gasteiger partial charge in [-0.15, -0.1) is 0 Å². The van der Waals surface area contributed by atoms with Crippen molar-refractivity contribution in [3.05, 3.63) is 64.1 Å². The Morgan fingerprint density at radius 3 is 2.35 bits per heavy atom. The number of ether oxygens (including phenoxy) is 2. The van der Waals surface area contributed by atoms with Gasteiger partial charge in [0.1, 0.15) is 5.75 Å². The minimum absolute atomic E-state index is 0.00554. The second-order valence-corrected chi connectivity index (χ2v) is 10.7. The van der Waals surface area contributed by atoms with Gasteiger partial charge in [0, 0.05) is 12.8 Å². The monoisotopic (exact) mass is 591 g/mol. The van der Waals surface area contributed by atoms with Crippen LogP contribution in [0.4, 0.5) is 0 Å². The van der Waals surface area contributed by atoms with E-state index in [0.717, 1.165) is 22.9 Å². The summed E-state index contributed by atoms with van der Waals surface area (Å²) in [6.45, 7) is 6.43. The number of esters is 1. The molecule has 0 saturated heterocycles. The summed E-state index contributed by atoms with van der Waals surface area (Å²) in [6, 6.07) is 15.7. The molecule has 2 amide bonds. The highest BCUT2D eigenvalue weighted by Gasteiger charge is 2.16. The summed E-state index contributed by atoms with van der Waals surface area (Å²) >= 11 is 8.47. The van der Waals surface area contributed by atoms with Crippen molar-refractivity contribution in [1.82, 2.24) is 16.2 Å². The molecule has 2 aromatic rings. The molecule has 0 bridgehead atoms. The Kier molecular flexibility index (Phi) is 12.5. The first-order chi connectivity index (χ1) is 17.5. The summed E-state index contributed by atoms with van der Waals surface area (Å²) in [7, 11) is 0. The quantitative estimate of drug-likeness (QED) is 0.153. The second-order valence-electron chi connectivity index (χ2n) is 9.40. The number of hydrogen-bond acceptors (Lipinski definition) is 6. The molecule has 2 aromatic carbocycles. The Hall–Kier alpha value is -2.98. The lowest BCUT2D eigenvalue weighted by atomic mass is 9.87. The SMILES string of the molecule is CC(C)(C)c1ccc(OCC(=O)NNC(=S)NC(=O)CCCC(=O)OCCCc2ccccc2)c(Br)c1. The lowest BCUT2D eigenvalue weighted by Gasteiger charge is -2.20. The third-order valence-electron chi connectivity index (χ3n) is 5.23. The number of carbonyl (C=O) groups excluding carboxylic acids is 3. The zero-order valence-electron chi connectivity index (χ0n) is 21.4. The lowest BCUT2D eigenvalue weighted by Crippen LogP contribution is -2.49. The molecular weight excluding hydrogens is 558 g/mol. The number of hydrazine groups is 1. The average molecular weight is 593 g/mol. The molecule has 0 saturated carbocycles. The van der Waals surface area contributed by atoms with E-state index < -0.39 is 5.91 Å². The zero-order chi connectivity index (χ0) is 27.3. The fourth-order valence-electron chi connectivity index (χ4n) is 3.18. The van der Waals surface area contributed by atoms with Gasteiger partial charge in [0.15, 0.2) is 11.7 Å². The summed E-state index contributed by atoms with van der Waals surface area (Å²) in [4.78, 5) is 35.9. The normalized spacial score (nSPS) is 10.8. The third-order valence-corrected chi connectivity index (χ3v) is 6.05. The average Bonchev–Trinajstić information content (AvgIpc) is 2.84. The van der Waals surface area contributed by atoms with Gasteiger partial charge in [-0.2, -0.15) is 0 Å². The summed E-state index contributed by atoms with van der Waals surface area (Å²) in [5.74, 6) is -0.650. The molecule has 0 fully saturated rings. The molecule has 0 aliphatic carbocycles. The predicted molar refractivity (Wildman–Crippen MR) is 150 cm³/mol. The minimum Gasteiger partial charge on any atom is -0.483 e. The Morgan fingerprint density at radius 1 is 0.946 bits per heavy atom. The van der Waals surface area contributed by atoms with Crippen LogP contribution in [0.25, 0.3) is 0 Å². The van der Waals surface area contributed by atoms with Crippen LogP contribution in [0, 0.1) is 0 Å². The van der Waals surface area contributed by atoms with Crippen molar-refractivity contribution in [1.29, 1.82) is 0 Å². The van der Waals surface area contributed by atoms with Gasteiger partial charge in [0.05, 0.1) is 11.1 Å². The van der Waals surface area contributed by atoms with E-state index >= 15 is 0 Å². The smallest absolute Gasteiger partial charge is 0.305 e. The first kappa shape index (κ1) is 30.2. The number of thiocarbonyl (C=S) groups is 1. The standard InChI is InChI=1S/C27H34BrN3O5S/c1-27(2,3)20-14-15-22(21(28)17-20)36-18-24(33)30-31-26(37)29-23(32)12-7-13-25(34)35-16-8-11-19-9-5-4-6-10-19/h4-6,9-10,14-15,17H,7-8,11-13,16,18H2,1-3H3,(H,30,33)(H2,29,31,32,37). The molecule has 0 heterocycles. The van der Waals surface area contributed by atoms with E-state index in [4.69, 9.17) is 21.7 Å². The van der Waals surface area contributed by atoms with Crippen LogP contribution < -0.4 is 20.9 Å². The fraction of sp³-hybridized carbons (Fsp3) is 0.407. The van der Waals surface area contributed by atoms with E-state index in [1.165, 1.54) is 5.56 Å². The molecule has 0 unspecified atom stereocenters. The van der Waals surface area contributed by atoms with Gasteiger partial charge in [-0.3, -0.25) is 25.2 Å². The van der Waals surface area contributed by atoms with Crippen molar-refractivity contribution in [3.8, 4) is 5.75 Å². The van der Waals surface area contributed by atoms with E-state index in [2.05, 4.69) is 52.9 Å². The number of amides is 2. The highest BCUT2D eigenvalue weighted by atomic mass is 79.9. The fourth-order valence-corrected chi connectivity index (χ4v) is 3.84. The van der Waals surface area contributed by atoms with Gasteiger partial charge >= 0.3 is 5.97 Å². The Balaban J connectivity index is 1.55. The molecular formula is C27H34BrN3O5S. The number of carbonyl (C=O) groups is 3. The third kappa shape index (κ3) is 12.2. The maximum absolute atomic E-state index is 12.0. The first-order valence-electron chi connectivity index (χ1n) is 12.1. The number of benzene rings is 2. The predicted octanol–water partition coefficient (Wildman–Crippen LogP) is 4.49. The zero-order valence-corrected chi connectivity index (χ0v) is 23.8. The molecule has 0 aromatic heterocycles. The summed E-state index contributed by atoms with van der Waals surface area (Å²) in [5, 5.41) is 2.39. The van der Waals surface area contributed by atoms with Crippen LogP contribution >= 0.6 is 28.1 Å². The van der Waals surface area contributed by atoms with Crippen LogP contribution in [0.2, 0.25) is 0 Å². The van der Waals surface area contributed by atoms with Crippen molar-refractivity contribution in [3.63, 3.8) is 0 Å². The van der Waals surface area contributed by atoms with Crippen molar-refractivity contribution in [2.24, 2.45) is 0 Å². The van der Waals surface area contributed by atoms with Gasteiger partial charge in [-0.1, -0.05) is 57.2 Å². The van der Waals surface area contributed by atoms with Gasteiger partial charge in [0.2, 0.25) is 5.91 Å². The van der Waals surface area contributed by atoms with E-state index in [9.17, 15) is 14.4 Å². The van der Waals surface area contributed by atoms with Gasteiger partial charge < -0.3 is 14.8 Å². The maximum atomic E-state index is 12.0. The number of rotatable bonds is 11. The molecule has 2 rings (SSSR count). The lowest BCUT2D eigenvalue weighted by molar-refractivity contribution is -0.143. The Morgan fingerprint density at radius 2 is 1.68 bits per heavy atom. The molecule has 10 heteroatoms. The molecule has 0 aliphatic heterocycles. The van der Waals surface area contributed by atoms with Crippen LogP contribution in [0.3, 0.4) is 0 Å². The van der Waals surface area contributed by atoms with E-state index in [1.807, 2.05) is 42.5 Å². The summed E-state index contributed by atoms with van der Waals surface area (Å²) in [6.07, 6.45) is 2.14. The molecule has 0 aliphatic rings. The van der Waals surface area contributed by atoms with Crippen LogP contribution in [0.1, 0.15) is 57.6 Å². The number of halogens is 1. The van der Waals surface area contributed by atoms with Gasteiger partial charge in [0.25, 0.3) is 5.91 Å². The van der Waals surface area contributed by atoms with E-state index in [-0.39, 0.29) is 41.9 Å². The van der Waals surface area contributed by atoms with Crippen molar-refractivity contribution >= 4 is 51.0 Å². The van der Waals surface area contributed by atoms with Gasteiger partial charge in [-0.05, 0) is 76.1 Å². The summed E-state index contributed by atoms with van der Waals surface area (Å²) < 4.78 is 11.5. The van der Waals surface area contributed by atoms with E-state index in [0.29, 0.717) is 18.8 Å². The molecule has 3 N–H and O–H groups in total. The van der Waals surface area contributed by atoms with Crippen LogP contribution in [-0.4, -0.2) is 36.1 Å². The Labute approximate surface area is 232 Å².